The van der Waals surface area contributed by atoms with Gasteiger partial charge in [-0.15, -0.1) is 0 Å². The summed E-state index contributed by atoms with van der Waals surface area (Å²) in [5.41, 5.74) is 0.510. The van der Waals surface area contributed by atoms with Crippen molar-refractivity contribution in [2.45, 2.75) is 11.8 Å². The average Bonchev–Trinajstić information content (AvgIpc) is 2.37. The Hall–Kier alpha value is -1.68. The molecule has 2 aromatic carbocycles. The van der Waals surface area contributed by atoms with E-state index in [4.69, 9.17) is 0 Å². The molecule has 2 aromatic rings. The molecule has 0 atom stereocenters. The Kier molecular flexibility index (Phi) is 2.98. The molecule has 0 bridgehead atoms. The van der Waals surface area contributed by atoms with Crippen LogP contribution in [-0.2, 0) is 9.84 Å². The standard InChI is InChI=1S/C13H12O3S/c1-2-17(15,16)13-8-7-10(9-14)11-5-3-4-6-12(11)13/h3-9H,2H2,1H3. The molecule has 2 rings (SSSR count). The van der Waals surface area contributed by atoms with E-state index in [1.807, 2.05) is 0 Å². The monoisotopic (exact) mass is 248 g/mol. The summed E-state index contributed by atoms with van der Waals surface area (Å²) in [7, 11) is -3.27. The predicted molar refractivity (Wildman–Crippen MR) is 67.1 cm³/mol. The number of carbonyl (C=O) groups is 1. The molecule has 0 aromatic heterocycles. The van der Waals surface area contributed by atoms with Gasteiger partial charge in [0.25, 0.3) is 0 Å². The number of sulfone groups is 1. The Balaban J connectivity index is 2.90. The lowest BCUT2D eigenvalue weighted by Crippen LogP contribution is -2.04. The number of fused-ring (bicyclic) bond motifs is 1. The first-order valence-electron chi connectivity index (χ1n) is 5.30. The van der Waals surface area contributed by atoms with Gasteiger partial charge in [-0.2, -0.15) is 0 Å². The summed E-state index contributed by atoms with van der Waals surface area (Å²) in [4.78, 5) is 11.2. The number of benzene rings is 2. The number of hydrogen-bond acceptors (Lipinski definition) is 3. The molecule has 0 fully saturated rings. The van der Waals surface area contributed by atoms with Crippen LogP contribution < -0.4 is 0 Å². The van der Waals surface area contributed by atoms with Gasteiger partial charge in [0.15, 0.2) is 16.1 Å². The van der Waals surface area contributed by atoms with Gasteiger partial charge in [0.2, 0.25) is 0 Å². The van der Waals surface area contributed by atoms with Crippen molar-refractivity contribution < 1.29 is 13.2 Å². The van der Waals surface area contributed by atoms with Crippen molar-refractivity contribution in [2.75, 3.05) is 5.75 Å². The number of carbonyl (C=O) groups excluding carboxylic acids is 1. The summed E-state index contributed by atoms with van der Waals surface area (Å²) in [6.45, 7) is 1.61. The van der Waals surface area contributed by atoms with Crippen LogP contribution in [0.4, 0.5) is 0 Å². The second-order valence-electron chi connectivity index (χ2n) is 3.72. The molecular formula is C13H12O3S. The highest BCUT2D eigenvalue weighted by Gasteiger charge is 2.16. The van der Waals surface area contributed by atoms with Crippen LogP contribution in [0.25, 0.3) is 10.8 Å². The zero-order valence-electron chi connectivity index (χ0n) is 9.38. The SMILES string of the molecule is CCS(=O)(=O)c1ccc(C=O)c2ccccc12. The van der Waals surface area contributed by atoms with Gasteiger partial charge in [-0.1, -0.05) is 31.2 Å². The zero-order valence-corrected chi connectivity index (χ0v) is 10.2. The number of aldehydes is 1. The molecular weight excluding hydrogens is 236 g/mol. The Bertz CT molecular complexity index is 672. The predicted octanol–water partition coefficient (Wildman–Crippen LogP) is 2.45. The van der Waals surface area contributed by atoms with E-state index >= 15 is 0 Å². The van der Waals surface area contributed by atoms with Crippen LogP contribution >= 0.6 is 0 Å². The Labute approximate surface area is 100.0 Å². The van der Waals surface area contributed by atoms with Gasteiger partial charge >= 0.3 is 0 Å². The van der Waals surface area contributed by atoms with E-state index in [0.29, 0.717) is 21.2 Å². The first kappa shape index (κ1) is 11.8. The third-order valence-corrected chi connectivity index (χ3v) is 4.55. The molecule has 0 heterocycles. The lowest BCUT2D eigenvalue weighted by atomic mass is 10.1. The fraction of sp³-hybridized carbons (Fsp3) is 0.154. The molecule has 0 saturated carbocycles. The van der Waals surface area contributed by atoms with E-state index in [0.717, 1.165) is 6.29 Å². The summed E-state index contributed by atoms with van der Waals surface area (Å²) in [5, 5.41) is 1.29. The first-order valence-corrected chi connectivity index (χ1v) is 6.95. The second-order valence-corrected chi connectivity index (χ2v) is 5.97. The molecule has 0 aliphatic rings. The maximum atomic E-state index is 11.9. The van der Waals surface area contributed by atoms with Gasteiger partial charge in [0.05, 0.1) is 10.6 Å². The van der Waals surface area contributed by atoms with Crippen molar-refractivity contribution >= 4 is 26.9 Å². The molecule has 4 heteroatoms. The molecule has 88 valence electrons. The molecule has 0 amide bonds. The van der Waals surface area contributed by atoms with Crippen molar-refractivity contribution in [3.05, 3.63) is 42.0 Å². The maximum Gasteiger partial charge on any atom is 0.178 e. The van der Waals surface area contributed by atoms with E-state index < -0.39 is 9.84 Å². The van der Waals surface area contributed by atoms with Crippen LogP contribution in [0.3, 0.4) is 0 Å². The molecule has 17 heavy (non-hydrogen) atoms. The molecule has 0 aliphatic carbocycles. The lowest BCUT2D eigenvalue weighted by molar-refractivity contribution is 0.112. The molecule has 0 unspecified atom stereocenters. The normalized spacial score (nSPS) is 11.6. The van der Waals surface area contributed by atoms with Crippen LogP contribution in [0.1, 0.15) is 17.3 Å². The molecule has 0 N–H and O–H groups in total. The smallest absolute Gasteiger partial charge is 0.178 e. The van der Waals surface area contributed by atoms with Crippen molar-refractivity contribution in [3.8, 4) is 0 Å². The highest BCUT2D eigenvalue weighted by atomic mass is 32.2. The van der Waals surface area contributed by atoms with Crippen molar-refractivity contribution in [1.82, 2.24) is 0 Å². The minimum absolute atomic E-state index is 0.0530. The van der Waals surface area contributed by atoms with Gasteiger partial charge in [-0.3, -0.25) is 4.79 Å². The van der Waals surface area contributed by atoms with Crippen molar-refractivity contribution in [1.29, 1.82) is 0 Å². The average molecular weight is 248 g/mol. The van der Waals surface area contributed by atoms with E-state index in [2.05, 4.69) is 0 Å². The quantitative estimate of drug-likeness (QED) is 0.784. The van der Waals surface area contributed by atoms with Crippen LogP contribution in [0.2, 0.25) is 0 Å². The molecule has 0 aliphatic heterocycles. The minimum atomic E-state index is -3.27. The fourth-order valence-electron chi connectivity index (χ4n) is 1.82. The first-order chi connectivity index (χ1) is 8.10. The third kappa shape index (κ3) is 1.96. The van der Waals surface area contributed by atoms with Gasteiger partial charge in [-0.05, 0) is 17.5 Å². The van der Waals surface area contributed by atoms with Crippen molar-refractivity contribution in [3.63, 3.8) is 0 Å². The van der Waals surface area contributed by atoms with Gasteiger partial charge in [0.1, 0.15) is 0 Å². The minimum Gasteiger partial charge on any atom is -0.298 e. The third-order valence-electron chi connectivity index (χ3n) is 2.76. The summed E-state index contributed by atoms with van der Waals surface area (Å²) >= 11 is 0. The summed E-state index contributed by atoms with van der Waals surface area (Å²) in [5.74, 6) is 0.0530. The lowest BCUT2D eigenvalue weighted by Gasteiger charge is -2.07. The maximum absolute atomic E-state index is 11.9. The van der Waals surface area contributed by atoms with Crippen molar-refractivity contribution in [2.24, 2.45) is 0 Å². The van der Waals surface area contributed by atoms with Gasteiger partial charge < -0.3 is 0 Å². The van der Waals surface area contributed by atoms with E-state index in [1.165, 1.54) is 6.07 Å². The van der Waals surface area contributed by atoms with E-state index in [9.17, 15) is 13.2 Å². The van der Waals surface area contributed by atoms with Crippen LogP contribution in [-0.4, -0.2) is 20.5 Å². The Morgan fingerprint density at radius 3 is 2.29 bits per heavy atom. The summed E-state index contributed by atoms with van der Waals surface area (Å²) < 4.78 is 23.9. The number of hydrogen-bond donors (Lipinski definition) is 0. The highest BCUT2D eigenvalue weighted by Crippen LogP contribution is 2.26. The Morgan fingerprint density at radius 1 is 1.06 bits per heavy atom. The van der Waals surface area contributed by atoms with Crippen LogP contribution in [0.5, 0.6) is 0 Å². The van der Waals surface area contributed by atoms with Crippen LogP contribution in [0, 0.1) is 0 Å². The molecule has 0 saturated heterocycles. The van der Waals surface area contributed by atoms with Gasteiger partial charge in [0, 0.05) is 10.9 Å². The second kappa shape index (κ2) is 4.30. The zero-order chi connectivity index (χ0) is 12.5. The summed E-state index contributed by atoms with van der Waals surface area (Å²) in [6.07, 6.45) is 0.741. The molecule has 0 spiro atoms. The largest absolute Gasteiger partial charge is 0.298 e. The van der Waals surface area contributed by atoms with E-state index in [-0.39, 0.29) is 5.75 Å². The van der Waals surface area contributed by atoms with Crippen LogP contribution in [0.15, 0.2) is 41.3 Å². The topological polar surface area (TPSA) is 51.2 Å². The van der Waals surface area contributed by atoms with E-state index in [1.54, 1.807) is 37.3 Å². The molecule has 3 nitrogen and oxygen atoms in total. The summed E-state index contributed by atoms with van der Waals surface area (Å²) in [6, 6.07) is 10.1. The number of rotatable bonds is 3. The Morgan fingerprint density at radius 2 is 1.71 bits per heavy atom. The van der Waals surface area contributed by atoms with Gasteiger partial charge in [-0.25, -0.2) is 8.42 Å². The highest BCUT2D eigenvalue weighted by molar-refractivity contribution is 7.91. The fourth-order valence-corrected chi connectivity index (χ4v) is 2.92. The molecule has 0 radical (unpaired) electrons.